The van der Waals surface area contributed by atoms with Crippen LogP contribution in [0.15, 0.2) is 10.7 Å². The van der Waals surface area contributed by atoms with Gasteiger partial charge in [0, 0.05) is 0 Å². The second kappa shape index (κ2) is 77.5. The maximum absolute atomic E-state index is 8.36. The van der Waals surface area contributed by atoms with Crippen molar-refractivity contribution in [2.24, 2.45) is 10.7 Å². The Balaban J connectivity index is -0.00000001000. The van der Waals surface area contributed by atoms with E-state index in [1.807, 2.05) is 0 Å². The molecule has 0 spiro atoms. The minimum atomic E-state index is -0.250. The van der Waals surface area contributed by atoms with E-state index in [9.17, 15) is 0 Å². The zero-order valence-corrected chi connectivity index (χ0v) is 4.04. The molecule has 0 bridgehead atoms. The number of carbonyl (C=O) groups is 1. The predicted octanol–water partition coefficient (Wildman–Crippen LogP) is -2.50. The molecular weight excluding hydrogens is 239 g/mol. The van der Waals surface area contributed by atoms with Gasteiger partial charge in [-0.25, -0.2) is 0 Å². The zero-order chi connectivity index (χ0) is 8.12. The van der Waals surface area contributed by atoms with Crippen molar-refractivity contribution in [3.63, 3.8) is 0 Å². The van der Waals surface area contributed by atoms with Crippen LogP contribution in [0, 0.1) is 9.81 Å². The Hall–Kier alpha value is 1.79. The summed E-state index contributed by atoms with van der Waals surface area (Å²) in [5.41, 5.74) is 0. The summed E-state index contributed by atoms with van der Waals surface area (Å²) in [6, 6.07) is 0. The second-order valence-electron chi connectivity index (χ2n) is 0.269. The molecule has 0 aromatic carbocycles. The van der Waals surface area contributed by atoms with Gasteiger partial charge in [0.2, 0.25) is 0 Å². The summed E-state index contributed by atoms with van der Waals surface area (Å²) in [5, 5.41) is 22.7. The predicted molar refractivity (Wildman–Crippen MR) is 48.1 cm³/mol. The fraction of sp³-hybridized carbons (Fsp3) is 0. The molecule has 0 amide bonds. The van der Waals surface area contributed by atoms with Crippen molar-refractivity contribution in [3.05, 3.63) is 9.81 Å². The third-order valence-electron chi connectivity index (χ3n) is 0. The van der Waals surface area contributed by atoms with Crippen molar-refractivity contribution in [1.29, 1.82) is 0 Å². The van der Waals surface area contributed by atoms with Crippen LogP contribution in [0.4, 0.5) is 0 Å². The molecule has 0 heterocycles. The molecule has 0 rings (SSSR count). The molecule has 0 saturated carbocycles. The van der Waals surface area contributed by atoms with Gasteiger partial charge in [0.1, 0.15) is 0 Å². The monoisotopic (exact) mass is 248 g/mol. The molecule has 0 aliphatic heterocycles. The van der Waals surface area contributed by atoms with Crippen LogP contribution in [0.1, 0.15) is 0 Å². The zero-order valence-electron chi connectivity index (χ0n) is 4.04. The molecule has 0 atom stereocenters. The van der Waals surface area contributed by atoms with Gasteiger partial charge in [-0.3, -0.25) is 4.79 Å². The van der Waals surface area contributed by atoms with Crippen LogP contribution >= 0.6 is 0 Å². The first-order chi connectivity index (χ1) is 4.24. The number of rotatable bonds is 0. The molecule has 64 valence electrons. The van der Waals surface area contributed by atoms with E-state index in [2.05, 4.69) is 0 Å². The molecule has 0 radical (unpaired) electrons. The fourth-order valence-electron chi connectivity index (χ4n) is 0. The Bertz CT molecular complexity index is 60.3. The molecule has 0 aromatic heterocycles. The average molecular weight is 248 g/mol. The normalized spacial score (nSPS) is 3.00. The summed E-state index contributed by atoms with van der Waals surface area (Å²) >= 11 is 0. The average Bonchev–Trinajstić information content (AvgIpc) is 1.70. The first-order valence-electron chi connectivity index (χ1n) is 1.26. The fourth-order valence-corrected chi connectivity index (χ4v) is 0. The van der Waals surface area contributed by atoms with Crippen molar-refractivity contribution >= 4 is 112 Å². The van der Waals surface area contributed by atoms with Crippen LogP contribution in [-0.4, -0.2) is 127 Å². The van der Waals surface area contributed by atoms with Gasteiger partial charge in [0.15, 0.2) is 10.7 Å². The van der Waals surface area contributed by atoms with E-state index in [4.69, 9.17) is 30.1 Å². The SMILES string of the molecule is O=CO.O=NO.O=NO.[CaH2].[CaH2].[NaH]. The molecule has 3 N–H and O–H groups in total. The van der Waals surface area contributed by atoms with Gasteiger partial charge in [-0.15, -0.1) is 9.81 Å². The Morgan fingerprint density at radius 1 is 1.00 bits per heavy atom. The van der Waals surface area contributed by atoms with Gasteiger partial charge in [-0.1, -0.05) is 0 Å². The van der Waals surface area contributed by atoms with E-state index in [1.165, 1.54) is 10.7 Å². The Morgan fingerprint density at radius 3 is 1.00 bits per heavy atom. The second-order valence-corrected chi connectivity index (χ2v) is 0.269. The molecular formula is CH9Ca2N2NaO6. The topological polar surface area (TPSA) is 137 Å². The van der Waals surface area contributed by atoms with Crippen LogP contribution in [0.5, 0.6) is 0 Å². The molecule has 8 nitrogen and oxygen atoms in total. The van der Waals surface area contributed by atoms with Crippen molar-refractivity contribution in [2.75, 3.05) is 0 Å². The number of carboxylic acid groups (broad SMARTS) is 1. The third-order valence-corrected chi connectivity index (χ3v) is 0. The summed E-state index contributed by atoms with van der Waals surface area (Å²) < 4.78 is 0. The summed E-state index contributed by atoms with van der Waals surface area (Å²) in [6.07, 6.45) is 0. The Morgan fingerprint density at radius 2 is 1.00 bits per heavy atom. The van der Waals surface area contributed by atoms with Gasteiger partial charge in [0.05, 0.1) is 0 Å². The van der Waals surface area contributed by atoms with Gasteiger partial charge in [-0.2, -0.15) is 0 Å². The van der Waals surface area contributed by atoms with E-state index in [1.54, 1.807) is 0 Å². The van der Waals surface area contributed by atoms with Gasteiger partial charge in [-0.05, 0) is 0 Å². The quantitative estimate of drug-likeness (QED) is 0.188. The van der Waals surface area contributed by atoms with Crippen LogP contribution < -0.4 is 0 Å². The maximum atomic E-state index is 8.36. The molecule has 0 aromatic rings. The molecule has 0 aliphatic carbocycles. The standard InChI is InChI=1S/CH2O2.2Ca.2HNO2.Na.5H/c2-1-3;;;2*2-1-3;;;;;;/h1H,(H,2,3);;;2*(H,2,3);;;;;;. The van der Waals surface area contributed by atoms with Crippen LogP contribution in [0.3, 0.4) is 0 Å². The first-order valence-corrected chi connectivity index (χ1v) is 1.26. The van der Waals surface area contributed by atoms with E-state index < -0.39 is 0 Å². The van der Waals surface area contributed by atoms with Gasteiger partial charge < -0.3 is 15.5 Å². The molecule has 0 fully saturated rings. The first kappa shape index (κ1) is 37.2. The van der Waals surface area contributed by atoms with Gasteiger partial charge in [0.25, 0.3) is 6.47 Å². The third kappa shape index (κ3) is 429. The molecule has 0 saturated heterocycles. The number of hydrogen-bond acceptors (Lipinski definition) is 5. The molecule has 11 heteroatoms. The van der Waals surface area contributed by atoms with Crippen molar-refractivity contribution in [3.8, 4) is 0 Å². The van der Waals surface area contributed by atoms with Crippen LogP contribution in [0.2, 0.25) is 0 Å². The Kier molecular flexibility index (Phi) is 240. The Labute approximate surface area is 149 Å². The summed E-state index contributed by atoms with van der Waals surface area (Å²) in [7, 11) is 0. The van der Waals surface area contributed by atoms with E-state index in [0.717, 1.165) is 0 Å². The summed E-state index contributed by atoms with van der Waals surface area (Å²) in [5.74, 6) is 0. The molecule has 12 heavy (non-hydrogen) atoms. The van der Waals surface area contributed by atoms with Crippen molar-refractivity contribution < 1.29 is 20.3 Å². The van der Waals surface area contributed by atoms with E-state index >= 15 is 0 Å². The summed E-state index contributed by atoms with van der Waals surface area (Å²) in [4.78, 5) is 24.6. The number of hydrogen-bond donors (Lipinski definition) is 3. The molecule has 0 unspecified atom stereocenters. The van der Waals surface area contributed by atoms with E-state index in [-0.39, 0.29) is 112 Å². The van der Waals surface area contributed by atoms with Crippen LogP contribution in [0.25, 0.3) is 0 Å². The minimum absolute atomic E-state index is 0. The van der Waals surface area contributed by atoms with E-state index in [0.29, 0.717) is 0 Å². The van der Waals surface area contributed by atoms with Crippen molar-refractivity contribution in [1.82, 2.24) is 0 Å². The van der Waals surface area contributed by atoms with Gasteiger partial charge >= 0.3 is 105 Å². The van der Waals surface area contributed by atoms with Crippen molar-refractivity contribution in [2.45, 2.75) is 0 Å². The summed E-state index contributed by atoms with van der Waals surface area (Å²) in [6.45, 7) is -0.250. The van der Waals surface area contributed by atoms with Crippen LogP contribution in [-0.2, 0) is 4.79 Å². The number of nitrogens with zero attached hydrogens (tertiary/aromatic N) is 2. The molecule has 0 aliphatic rings.